The van der Waals surface area contributed by atoms with Gasteiger partial charge in [-0.2, -0.15) is 0 Å². The minimum atomic E-state index is -0.269. The van der Waals surface area contributed by atoms with E-state index in [0.717, 1.165) is 46.6 Å². The monoisotopic (exact) mass is 414 g/mol. The average Bonchev–Trinajstić information content (AvgIpc) is 3.10. The van der Waals surface area contributed by atoms with Gasteiger partial charge in [-0.3, -0.25) is 14.5 Å². The van der Waals surface area contributed by atoms with E-state index in [1.54, 1.807) is 13.2 Å². The van der Waals surface area contributed by atoms with Gasteiger partial charge in [-0.15, -0.1) is 0 Å². The number of carbonyl (C=O) groups excluding carboxylic acids is 2. The zero-order chi connectivity index (χ0) is 21.0. The first-order chi connectivity index (χ1) is 13.9. The van der Waals surface area contributed by atoms with Gasteiger partial charge in [0.15, 0.2) is 0 Å². The van der Waals surface area contributed by atoms with Crippen molar-refractivity contribution >= 4 is 29.0 Å². The molecule has 1 fully saturated rings. The second-order valence-electron chi connectivity index (χ2n) is 6.97. The SMILES string of the molecule is COCCn1c(C)cc(/C=C2\SC(=O)N(CCOc3cccc(C)c3)C2=O)c1C. The molecule has 0 saturated carbocycles. The number of hydrogen-bond acceptors (Lipinski definition) is 5. The molecule has 0 unspecified atom stereocenters. The summed E-state index contributed by atoms with van der Waals surface area (Å²) in [6.07, 6.45) is 1.80. The first kappa shape index (κ1) is 21.2. The van der Waals surface area contributed by atoms with E-state index >= 15 is 0 Å². The van der Waals surface area contributed by atoms with Crippen LogP contribution < -0.4 is 4.74 Å². The fourth-order valence-electron chi connectivity index (χ4n) is 3.29. The van der Waals surface area contributed by atoms with E-state index in [4.69, 9.17) is 9.47 Å². The Hall–Kier alpha value is -2.51. The van der Waals surface area contributed by atoms with Gasteiger partial charge in [0.05, 0.1) is 18.1 Å². The van der Waals surface area contributed by atoms with Crippen LogP contribution in [0, 0.1) is 20.8 Å². The van der Waals surface area contributed by atoms with Crippen molar-refractivity contribution in [3.05, 3.63) is 57.8 Å². The second kappa shape index (κ2) is 9.33. The average molecular weight is 415 g/mol. The summed E-state index contributed by atoms with van der Waals surface area (Å²) in [5, 5.41) is -0.262. The normalized spacial score (nSPS) is 15.6. The van der Waals surface area contributed by atoms with E-state index in [1.165, 1.54) is 4.90 Å². The number of benzene rings is 1. The second-order valence-corrected chi connectivity index (χ2v) is 7.96. The molecule has 0 bridgehead atoms. The predicted octanol–water partition coefficient (Wildman–Crippen LogP) is 4.18. The Labute approximate surface area is 175 Å². The summed E-state index contributed by atoms with van der Waals surface area (Å²) >= 11 is 0.976. The molecule has 0 atom stereocenters. The Morgan fingerprint density at radius 3 is 2.59 bits per heavy atom. The zero-order valence-electron chi connectivity index (χ0n) is 17.2. The van der Waals surface area contributed by atoms with Gasteiger partial charge in [-0.25, -0.2) is 0 Å². The van der Waals surface area contributed by atoms with Gasteiger partial charge in [-0.05, 0) is 67.9 Å². The molecular formula is C22H26N2O4S. The Bertz CT molecular complexity index is 948. The number of nitrogens with zero attached hydrogens (tertiary/aromatic N) is 2. The molecule has 1 saturated heterocycles. The highest BCUT2D eigenvalue weighted by atomic mass is 32.2. The number of hydrogen-bond donors (Lipinski definition) is 0. The van der Waals surface area contributed by atoms with Crippen molar-refractivity contribution in [1.82, 2.24) is 9.47 Å². The summed E-state index contributed by atoms with van der Waals surface area (Å²) in [4.78, 5) is 26.7. The van der Waals surface area contributed by atoms with Crippen LogP contribution in [-0.4, -0.2) is 47.5 Å². The molecular weight excluding hydrogens is 388 g/mol. The van der Waals surface area contributed by atoms with Gasteiger partial charge >= 0.3 is 0 Å². The Morgan fingerprint density at radius 2 is 1.86 bits per heavy atom. The Morgan fingerprint density at radius 1 is 1.07 bits per heavy atom. The molecule has 1 aliphatic rings. The molecule has 2 aromatic rings. The summed E-state index contributed by atoms with van der Waals surface area (Å²) in [6.45, 7) is 7.87. The number of imide groups is 1. The van der Waals surface area contributed by atoms with Crippen LogP contribution in [0.15, 0.2) is 35.2 Å². The van der Waals surface area contributed by atoms with Crippen LogP contribution in [0.4, 0.5) is 4.79 Å². The molecule has 2 heterocycles. The first-order valence-electron chi connectivity index (χ1n) is 9.51. The summed E-state index contributed by atoms with van der Waals surface area (Å²) < 4.78 is 13.0. The molecule has 0 aliphatic carbocycles. The number of amides is 2. The van der Waals surface area contributed by atoms with Crippen LogP contribution in [0.1, 0.15) is 22.5 Å². The molecule has 6 nitrogen and oxygen atoms in total. The van der Waals surface area contributed by atoms with Gasteiger partial charge in [0.2, 0.25) is 0 Å². The predicted molar refractivity (Wildman–Crippen MR) is 115 cm³/mol. The fourth-order valence-corrected chi connectivity index (χ4v) is 4.15. The van der Waals surface area contributed by atoms with Crippen molar-refractivity contribution in [2.45, 2.75) is 27.3 Å². The van der Waals surface area contributed by atoms with Crippen molar-refractivity contribution in [2.75, 3.05) is 26.9 Å². The highest BCUT2D eigenvalue weighted by molar-refractivity contribution is 8.18. The minimum absolute atomic E-state index is 0.225. The van der Waals surface area contributed by atoms with Crippen LogP contribution in [0.25, 0.3) is 6.08 Å². The lowest BCUT2D eigenvalue weighted by Gasteiger charge is -2.13. The first-order valence-corrected chi connectivity index (χ1v) is 10.3. The molecule has 2 amide bonds. The molecule has 1 aliphatic heterocycles. The number of ether oxygens (including phenoxy) is 2. The lowest BCUT2D eigenvalue weighted by Crippen LogP contribution is -2.32. The van der Waals surface area contributed by atoms with Crippen LogP contribution >= 0.6 is 11.8 Å². The maximum absolute atomic E-state index is 12.7. The molecule has 3 rings (SSSR count). The summed E-state index contributed by atoms with van der Waals surface area (Å²) in [5.74, 6) is 0.463. The number of rotatable bonds is 8. The third kappa shape index (κ3) is 4.92. The molecule has 29 heavy (non-hydrogen) atoms. The molecule has 1 aromatic heterocycles. The summed E-state index contributed by atoms with van der Waals surface area (Å²) in [7, 11) is 1.67. The van der Waals surface area contributed by atoms with E-state index < -0.39 is 0 Å². The van der Waals surface area contributed by atoms with Crippen LogP contribution in [0.5, 0.6) is 5.75 Å². The zero-order valence-corrected chi connectivity index (χ0v) is 18.0. The topological polar surface area (TPSA) is 60.8 Å². The Balaban J connectivity index is 1.67. The van der Waals surface area contributed by atoms with Crippen LogP contribution in [-0.2, 0) is 16.1 Å². The number of aryl methyl sites for hydroxylation is 2. The number of aromatic nitrogens is 1. The summed E-state index contributed by atoms with van der Waals surface area (Å²) in [6, 6.07) is 9.71. The minimum Gasteiger partial charge on any atom is -0.492 e. The van der Waals surface area contributed by atoms with Crippen molar-refractivity contribution in [3.8, 4) is 5.75 Å². The van der Waals surface area contributed by atoms with E-state index in [1.807, 2.05) is 51.1 Å². The van der Waals surface area contributed by atoms with Crippen molar-refractivity contribution in [1.29, 1.82) is 0 Å². The number of carbonyl (C=O) groups is 2. The highest BCUT2D eigenvalue weighted by Gasteiger charge is 2.35. The molecule has 0 N–H and O–H groups in total. The van der Waals surface area contributed by atoms with Crippen molar-refractivity contribution in [3.63, 3.8) is 0 Å². The van der Waals surface area contributed by atoms with E-state index in [9.17, 15) is 9.59 Å². The van der Waals surface area contributed by atoms with E-state index in [2.05, 4.69) is 4.57 Å². The van der Waals surface area contributed by atoms with Gasteiger partial charge < -0.3 is 14.0 Å². The molecule has 1 aromatic carbocycles. The maximum atomic E-state index is 12.7. The van der Waals surface area contributed by atoms with Gasteiger partial charge in [0.1, 0.15) is 12.4 Å². The molecule has 154 valence electrons. The van der Waals surface area contributed by atoms with Crippen molar-refractivity contribution in [2.24, 2.45) is 0 Å². The fraction of sp³-hybridized carbons (Fsp3) is 0.364. The van der Waals surface area contributed by atoms with Gasteiger partial charge in [-0.1, -0.05) is 12.1 Å². The van der Waals surface area contributed by atoms with Gasteiger partial charge in [0, 0.05) is 25.0 Å². The quantitative estimate of drug-likeness (QED) is 0.607. The number of thioether (sulfide) groups is 1. The lowest BCUT2D eigenvalue weighted by molar-refractivity contribution is -0.123. The summed E-state index contributed by atoms with van der Waals surface area (Å²) in [5.41, 5.74) is 4.19. The largest absolute Gasteiger partial charge is 0.492 e. The van der Waals surface area contributed by atoms with E-state index in [-0.39, 0.29) is 24.3 Å². The molecule has 0 spiro atoms. The van der Waals surface area contributed by atoms with Crippen LogP contribution in [0.3, 0.4) is 0 Å². The van der Waals surface area contributed by atoms with Crippen LogP contribution in [0.2, 0.25) is 0 Å². The highest BCUT2D eigenvalue weighted by Crippen LogP contribution is 2.33. The molecule has 0 radical (unpaired) electrons. The Kier molecular flexibility index (Phi) is 6.82. The maximum Gasteiger partial charge on any atom is 0.293 e. The third-order valence-electron chi connectivity index (χ3n) is 4.87. The van der Waals surface area contributed by atoms with E-state index in [0.29, 0.717) is 11.5 Å². The molecule has 7 heteroatoms. The standard InChI is InChI=1S/C22H26N2O4S/c1-15-6-5-7-19(12-15)28-11-9-24-21(25)20(29-22(24)26)14-18-13-16(2)23(17(18)3)8-10-27-4/h5-7,12-14H,8-11H2,1-4H3/b20-14-. The lowest BCUT2D eigenvalue weighted by atomic mass is 10.2. The number of methoxy groups -OCH3 is 1. The third-order valence-corrected chi connectivity index (χ3v) is 5.77. The van der Waals surface area contributed by atoms with Gasteiger partial charge in [0.25, 0.3) is 11.1 Å². The smallest absolute Gasteiger partial charge is 0.293 e. The van der Waals surface area contributed by atoms with Crippen molar-refractivity contribution < 1.29 is 19.1 Å².